The zero-order valence-corrected chi connectivity index (χ0v) is 27.2. The van der Waals surface area contributed by atoms with Crippen LogP contribution in [0, 0.1) is 0 Å². The van der Waals surface area contributed by atoms with Crippen molar-refractivity contribution in [1.82, 2.24) is 4.90 Å². The number of carbonyl (C=O) groups excluding carboxylic acids is 3. The second kappa shape index (κ2) is 11.0. The van der Waals surface area contributed by atoms with Crippen molar-refractivity contribution >= 4 is 18.3 Å². The smallest absolute Gasteiger partial charge is 0.477 e. The maximum Gasteiger partial charge on any atom is 0.514 e. The lowest BCUT2D eigenvalue weighted by atomic mass is 9.50. The van der Waals surface area contributed by atoms with Crippen LogP contribution in [0.15, 0.2) is 54.3 Å². The summed E-state index contributed by atoms with van der Waals surface area (Å²) in [5.74, 6) is -0.213. The molecule has 0 aromatic heterocycles. The maximum atomic E-state index is 13.9. The summed E-state index contributed by atoms with van der Waals surface area (Å²) < 4.78 is 34.6. The number of benzene rings is 2. The molecule has 2 aromatic carbocycles. The fraction of sp³-hybridized carbons (Fsp3) is 0.514. The minimum atomic E-state index is -1.43. The fourth-order valence-corrected chi connectivity index (χ4v) is 7.29. The number of hydrogen-bond acceptors (Lipinski definition) is 11. The molecule has 0 saturated carbocycles. The molecule has 2 aliphatic carbocycles. The molecule has 5 unspecified atom stereocenters. The lowest BCUT2D eigenvalue weighted by Gasteiger charge is -2.61. The van der Waals surface area contributed by atoms with Crippen molar-refractivity contribution in [3.05, 3.63) is 71.0 Å². The largest absolute Gasteiger partial charge is 0.514 e. The first-order valence-corrected chi connectivity index (χ1v) is 15.6. The van der Waals surface area contributed by atoms with Crippen LogP contribution in [0.25, 0.3) is 0 Å². The summed E-state index contributed by atoms with van der Waals surface area (Å²) in [6, 6.07) is 11.9. The minimum absolute atomic E-state index is 0.151. The summed E-state index contributed by atoms with van der Waals surface area (Å²) in [6.07, 6.45) is -1.37. The fourth-order valence-electron chi connectivity index (χ4n) is 7.29. The highest BCUT2D eigenvalue weighted by atomic mass is 16.7. The summed E-state index contributed by atoms with van der Waals surface area (Å²) >= 11 is 0. The molecule has 1 spiro atoms. The highest BCUT2D eigenvalue weighted by Crippen LogP contribution is 2.65. The quantitative estimate of drug-likeness (QED) is 0.253. The molecular weight excluding hydrogens is 594 g/mol. The number of carbonyl (C=O) groups is 3. The Hall–Kier alpha value is -4.09. The van der Waals surface area contributed by atoms with E-state index in [4.69, 9.17) is 28.4 Å². The first-order chi connectivity index (χ1) is 21.5. The molecule has 2 aliphatic heterocycles. The molecule has 2 bridgehead atoms. The van der Waals surface area contributed by atoms with E-state index < -0.39 is 52.7 Å². The van der Waals surface area contributed by atoms with Gasteiger partial charge in [-0.25, -0.2) is 14.4 Å². The summed E-state index contributed by atoms with van der Waals surface area (Å²) in [5, 5.41) is 12.5. The van der Waals surface area contributed by atoms with Gasteiger partial charge in [0.25, 0.3) is 0 Å². The Bertz CT molecular complexity index is 1590. The Kier molecular flexibility index (Phi) is 7.63. The SMILES string of the molecule is CN1CCC23c4c5ccc(OC(=O)OC(C)(C)C)c4OC2C(OC(=O)C(OC(=O)OC(C)(C)C)c2ccccc2)=CCC3(O)C1C5. The number of ether oxygens (including phenoxy) is 6. The number of likely N-dealkylation sites (tertiary alicyclic amines) is 1. The first-order valence-electron chi connectivity index (χ1n) is 15.6. The number of rotatable bonds is 5. The molecule has 1 fully saturated rings. The van der Waals surface area contributed by atoms with E-state index in [0.29, 0.717) is 30.7 Å². The van der Waals surface area contributed by atoms with E-state index in [1.54, 1.807) is 84.0 Å². The third-order valence-corrected chi connectivity index (χ3v) is 9.06. The number of esters is 1. The second-order valence-electron chi connectivity index (χ2n) is 14.4. The van der Waals surface area contributed by atoms with Gasteiger partial charge in [-0.2, -0.15) is 0 Å². The molecule has 5 atom stereocenters. The molecule has 246 valence electrons. The molecule has 4 aliphatic rings. The summed E-state index contributed by atoms with van der Waals surface area (Å²) in [7, 11) is 1.99. The van der Waals surface area contributed by atoms with E-state index in [0.717, 1.165) is 11.1 Å². The van der Waals surface area contributed by atoms with Crippen molar-refractivity contribution < 1.29 is 47.9 Å². The van der Waals surface area contributed by atoms with Gasteiger partial charge < -0.3 is 38.4 Å². The lowest BCUT2D eigenvalue weighted by Crippen LogP contribution is -2.74. The molecule has 1 N–H and O–H groups in total. The van der Waals surface area contributed by atoms with Crippen LogP contribution < -0.4 is 9.47 Å². The molecule has 46 heavy (non-hydrogen) atoms. The van der Waals surface area contributed by atoms with Crippen molar-refractivity contribution in [2.75, 3.05) is 13.6 Å². The van der Waals surface area contributed by atoms with Crippen LogP contribution in [0.1, 0.15) is 77.2 Å². The van der Waals surface area contributed by atoms with Crippen LogP contribution in [-0.4, -0.2) is 70.8 Å². The number of nitrogens with zero attached hydrogens (tertiary/aromatic N) is 1. The second-order valence-corrected chi connectivity index (χ2v) is 14.4. The van der Waals surface area contributed by atoms with Gasteiger partial charge in [0.1, 0.15) is 17.0 Å². The van der Waals surface area contributed by atoms with E-state index in [1.165, 1.54) is 0 Å². The van der Waals surface area contributed by atoms with Gasteiger partial charge >= 0.3 is 18.3 Å². The van der Waals surface area contributed by atoms with E-state index in [-0.39, 0.29) is 24.0 Å². The van der Waals surface area contributed by atoms with Gasteiger partial charge in [-0.1, -0.05) is 36.4 Å². The topological polar surface area (TPSA) is 130 Å². The van der Waals surface area contributed by atoms with Gasteiger partial charge in [-0.3, -0.25) is 0 Å². The first kappa shape index (κ1) is 31.9. The van der Waals surface area contributed by atoms with Gasteiger partial charge in [0.15, 0.2) is 17.6 Å². The van der Waals surface area contributed by atoms with Crippen LogP contribution in [0.2, 0.25) is 0 Å². The van der Waals surface area contributed by atoms with Crippen LogP contribution in [0.3, 0.4) is 0 Å². The monoisotopic (exact) mass is 635 g/mol. The van der Waals surface area contributed by atoms with E-state index in [2.05, 4.69) is 4.90 Å². The van der Waals surface area contributed by atoms with E-state index >= 15 is 0 Å². The Labute approximate surface area is 268 Å². The predicted molar refractivity (Wildman–Crippen MR) is 164 cm³/mol. The molecule has 2 heterocycles. The molecule has 0 radical (unpaired) electrons. The standard InChI is InChI=1S/C35H41NO10/c1-32(2,3)45-30(38)42-22-14-13-21-19-24-35(40)16-15-23(28-34(35,17-18-36(24)7)25(21)27(22)43-28)41-29(37)26(20-11-9-8-10-12-20)44-31(39)46-33(4,5)6/h8-15,24,26,28,40H,16-19H2,1-7H3. The molecule has 6 rings (SSSR count). The van der Waals surface area contributed by atoms with Gasteiger partial charge in [-0.05, 0) is 85.7 Å². The van der Waals surface area contributed by atoms with Crippen LogP contribution >= 0.6 is 0 Å². The zero-order valence-electron chi connectivity index (χ0n) is 27.2. The third-order valence-electron chi connectivity index (χ3n) is 9.06. The van der Waals surface area contributed by atoms with Gasteiger partial charge in [0.2, 0.25) is 6.10 Å². The van der Waals surface area contributed by atoms with Crippen molar-refractivity contribution in [1.29, 1.82) is 0 Å². The van der Waals surface area contributed by atoms with Crippen molar-refractivity contribution in [2.45, 2.75) is 101 Å². The van der Waals surface area contributed by atoms with Crippen molar-refractivity contribution in [3.63, 3.8) is 0 Å². The van der Waals surface area contributed by atoms with Crippen LogP contribution in [0.4, 0.5) is 9.59 Å². The summed E-state index contributed by atoms with van der Waals surface area (Å²) in [6.45, 7) is 11.0. The molecule has 1 saturated heterocycles. The summed E-state index contributed by atoms with van der Waals surface area (Å²) in [5.41, 5.74) is -1.79. The normalized spacial score (nSPS) is 26.9. The molecule has 2 aromatic rings. The van der Waals surface area contributed by atoms with Gasteiger partial charge in [-0.15, -0.1) is 0 Å². The molecule has 11 nitrogen and oxygen atoms in total. The third kappa shape index (κ3) is 5.39. The number of likely N-dealkylation sites (N-methyl/N-ethyl adjacent to an activating group) is 1. The maximum absolute atomic E-state index is 13.9. The number of piperidine rings is 1. The van der Waals surface area contributed by atoms with Crippen LogP contribution in [0.5, 0.6) is 11.5 Å². The number of aliphatic hydroxyl groups is 1. The summed E-state index contributed by atoms with van der Waals surface area (Å²) in [4.78, 5) is 41.5. The number of hydrogen-bond donors (Lipinski definition) is 1. The average Bonchev–Trinajstić information content (AvgIpc) is 3.31. The zero-order chi connectivity index (χ0) is 33.2. The van der Waals surface area contributed by atoms with Gasteiger partial charge in [0.05, 0.1) is 11.0 Å². The Morgan fingerprint density at radius 1 is 0.957 bits per heavy atom. The average molecular weight is 636 g/mol. The molecule has 11 heteroatoms. The van der Waals surface area contributed by atoms with Crippen molar-refractivity contribution in [3.8, 4) is 11.5 Å². The Morgan fingerprint density at radius 2 is 1.63 bits per heavy atom. The Morgan fingerprint density at radius 3 is 2.30 bits per heavy atom. The Balaban J connectivity index is 1.37. The molecular formula is C35H41NO10. The van der Waals surface area contributed by atoms with Crippen LogP contribution in [-0.2, 0) is 35.6 Å². The van der Waals surface area contributed by atoms with Gasteiger partial charge in [0, 0.05) is 23.6 Å². The lowest BCUT2D eigenvalue weighted by molar-refractivity contribution is -0.173. The minimum Gasteiger partial charge on any atom is -0.477 e. The highest BCUT2D eigenvalue weighted by molar-refractivity contribution is 5.80. The highest BCUT2D eigenvalue weighted by Gasteiger charge is 2.72. The molecule has 0 amide bonds. The van der Waals surface area contributed by atoms with Crippen molar-refractivity contribution in [2.24, 2.45) is 0 Å². The van der Waals surface area contributed by atoms with E-state index in [1.807, 2.05) is 13.1 Å². The predicted octanol–water partition coefficient (Wildman–Crippen LogP) is 5.51. The van der Waals surface area contributed by atoms with E-state index in [9.17, 15) is 19.5 Å².